The standard InChI is InChI=1S/C10H6Cl2F3N3O3/c11-7-1-5(10(13,14)15)2-8(12)9(7)17-16-3-6(19)4-18(20)21/h1-2H,3-4H2. The number of azo groups is 1. The van der Waals surface area contributed by atoms with Crippen molar-refractivity contribution in [1.82, 2.24) is 0 Å². The zero-order chi connectivity index (χ0) is 16.2. The molecule has 6 nitrogen and oxygen atoms in total. The number of hydrogen-bond donors (Lipinski definition) is 0. The minimum Gasteiger partial charge on any atom is -0.290 e. The van der Waals surface area contributed by atoms with Gasteiger partial charge in [0.25, 0.3) is 6.54 Å². The lowest BCUT2D eigenvalue weighted by atomic mass is 10.2. The van der Waals surface area contributed by atoms with Crippen LogP contribution in [0.1, 0.15) is 5.56 Å². The second-order valence-electron chi connectivity index (χ2n) is 3.72. The fraction of sp³-hybridized carbons (Fsp3) is 0.300. The molecule has 0 saturated carbocycles. The molecule has 0 spiro atoms. The molecule has 1 aromatic carbocycles. The highest BCUT2D eigenvalue weighted by Crippen LogP contribution is 2.39. The molecule has 0 radical (unpaired) electrons. The molecule has 0 fully saturated rings. The Morgan fingerprint density at radius 3 is 2.24 bits per heavy atom. The quantitative estimate of drug-likeness (QED) is 0.461. The Hall–Kier alpha value is -1.74. The molecule has 1 aromatic rings. The summed E-state index contributed by atoms with van der Waals surface area (Å²) in [5, 5.41) is 16.0. The van der Waals surface area contributed by atoms with E-state index in [0.717, 1.165) is 0 Å². The van der Waals surface area contributed by atoms with Gasteiger partial charge in [0.1, 0.15) is 12.2 Å². The highest BCUT2D eigenvalue weighted by atomic mass is 35.5. The van der Waals surface area contributed by atoms with E-state index in [9.17, 15) is 28.1 Å². The van der Waals surface area contributed by atoms with Crippen LogP contribution in [0.3, 0.4) is 0 Å². The molecule has 114 valence electrons. The number of Topliss-reactive ketones (excluding diaryl/α,β-unsaturated/α-hetero) is 1. The molecule has 0 unspecified atom stereocenters. The Morgan fingerprint density at radius 1 is 1.29 bits per heavy atom. The SMILES string of the molecule is O=C(CN=Nc1c(Cl)cc(C(F)(F)F)cc1Cl)C[N+](=O)[O-]. The molecule has 0 atom stereocenters. The van der Waals surface area contributed by atoms with E-state index >= 15 is 0 Å². The van der Waals surface area contributed by atoms with Gasteiger partial charge in [0.05, 0.1) is 15.6 Å². The summed E-state index contributed by atoms with van der Waals surface area (Å²) in [6.45, 7) is -1.53. The van der Waals surface area contributed by atoms with Crippen LogP contribution in [0.5, 0.6) is 0 Å². The summed E-state index contributed by atoms with van der Waals surface area (Å²) in [7, 11) is 0. The van der Waals surface area contributed by atoms with Gasteiger partial charge in [-0.25, -0.2) is 0 Å². The predicted octanol–water partition coefficient (Wildman–Crippen LogP) is 3.94. The van der Waals surface area contributed by atoms with Crippen LogP contribution in [0, 0.1) is 10.1 Å². The second kappa shape index (κ2) is 6.81. The van der Waals surface area contributed by atoms with E-state index < -0.39 is 45.6 Å². The molecule has 0 saturated heterocycles. The first-order chi connectivity index (χ1) is 9.61. The average Bonchev–Trinajstić information content (AvgIpc) is 2.30. The number of carbonyl (C=O) groups is 1. The van der Waals surface area contributed by atoms with Crippen LogP contribution in [0.4, 0.5) is 18.9 Å². The van der Waals surface area contributed by atoms with Crippen molar-refractivity contribution < 1.29 is 22.9 Å². The van der Waals surface area contributed by atoms with E-state index in [2.05, 4.69) is 10.2 Å². The number of alkyl halides is 3. The lowest BCUT2D eigenvalue weighted by Gasteiger charge is -2.09. The van der Waals surface area contributed by atoms with Crippen molar-refractivity contribution in [1.29, 1.82) is 0 Å². The van der Waals surface area contributed by atoms with Gasteiger partial charge in [-0.15, -0.1) is 0 Å². The number of nitro groups is 1. The summed E-state index contributed by atoms with van der Waals surface area (Å²) < 4.78 is 37.4. The number of nitrogens with zero attached hydrogens (tertiary/aromatic N) is 3. The van der Waals surface area contributed by atoms with Gasteiger partial charge >= 0.3 is 6.18 Å². The molecule has 11 heteroatoms. The highest BCUT2D eigenvalue weighted by molar-refractivity contribution is 6.38. The molecule has 1 rings (SSSR count). The second-order valence-corrected chi connectivity index (χ2v) is 4.53. The Labute approximate surface area is 125 Å². The lowest BCUT2D eigenvalue weighted by Crippen LogP contribution is -2.15. The molecule has 0 aromatic heterocycles. The Morgan fingerprint density at radius 2 is 1.81 bits per heavy atom. The van der Waals surface area contributed by atoms with Crippen LogP contribution in [-0.4, -0.2) is 23.8 Å². The van der Waals surface area contributed by atoms with Gasteiger partial charge in [-0.1, -0.05) is 23.2 Å². The third-order valence-corrected chi connectivity index (χ3v) is 2.64. The van der Waals surface area contributed by atoms with E-state index in [-0.39, 0.29) is 5.69 Å². The van der Waals surface area contributed by atoms with E-state index in [1.165, 1.54) is 0 Å². The summed E-state index contributed by atoms with van der Waals surface area (Å²) >= 11 is 11.2. The van der Waals surface area contributed by atoms with E-state index in [1.54, 1.807) is 0 Å². The number of ketones is 1. The number of carbonyl (C=O) groups excluding carboxylic acids is 1. The molecule has 0 aliphatic carbocycles. The van der Waals surface area contributed by atoms with E-state index in [4.69, 9.17) is 23.2 Å². The summed E-state index contributed by atoms with van der Waals surface area (Å²) in [6, 6.07) is 1.22. The summed E-state index contributed by atoms with van der Waals surface area (Å²) in [5.41, 5.74) is -1.30. The van der Waals surface area contributed by atoms with Crippen molar-refractivity contribution in [3.63, 3.8) is 0 Å². The first-order valence-electron chi connectivity index (χ1n) is 5.18. The van der Waals surface area contributed by atoms with Crippen molar-refractivity contribution in [2.24, 2.45) is 10.2 Å². The molecular weight excluding hydrogens is 338 g/mol. The molecule has 0 bridgehead atoms. The van der Waals surface area contributed by atoms with Crippen LogP contribution in [0.25, 0.3) is 0 Å². The van der Waals surface area contributed by atoms with Crippen molar-refractivity contribution in [3.05, 3.63) is 37.9 Å². The van der Waals surface area contributed by atoms with Gasteiger partial charge in [0.15, 0.2) is 0 Å². The van der Waals surface area contributed by atoms with Gasteiger partial charge < -0.3 is 0 Å². The van der Waals surface area contributed by atoms with Gasteiger partial charge in [0.2, 0.25) is 5.78 Å². The normalized spacial score (nSPS) is 11.9. The summed E-state index contributed by atoms with van der Waals surface area (Å²) in [5.74, 6) is -0.817. The molecule has 0 N–H and O–H groups in total. The van der Waals surface area contributed by atoms with Gasteiger partial charge in [-0.2, -0.15) is 23.4 Å². The van der Waals surface area contributed by atoms with Gasteiger partial charge in [-0.3, -0.25) is 14.9 Å². The highest BCUT2D eigenvalue weighted by Gasteiger charge is 2.32. The summed E-state index contributed by atoms with van der Waals surface area (Å²) in [4.78, 5) is 20.2. The van der Waals surface area contributed by atoms with Crippen LogP contribution < -0.4 is 0 Å². The lowest BCUT2D eigenvalue weighted by molar-refractivity contribution is -0.467. The number of rotatable bonds is 5. The van der Waals surface area contributed by atoms with Crippen LogP contribution in [-0.2, 0) is 11.0 Å². The zero-order valence-corrected chi connectivity index (χ0v) is 11.5. The number of hydrogen-bond acceptors (Lipinski definition) is 5. The first kappa shape index (κ1) is 17.3. The van der Waals surface area contributed by atoms with Crippen LogP contribution >= 0.6 is 23.2 Å². The topological polar surface area (TPSA) is 84.9 Å². The smallest absolute Gasteiger partial charge is 0.290 e. The Balaban J connectivity index is 2.90. The van der Waals surface area contributed by atoms with E-state index in [0.29, 0.717) is 12.1 Å². The fourth-order valence-corrected chi connectivity index (χ4v) is 1.77. The maximum atomic E-state index is 12.5. The maximum Gasteiger partial charge on any atom is 0.416 e. The number of benzene rings is 1. The minimum absolute atomic E-state index is 0.250. The van der Waals surface area contributed by atoms with Crippen molar-refractivity contribution in [3.8, 4) is 0 Å². The molecule has 21 heavy (non-hydrogen) atoms. The average molecular weight is 344 g/mol. The fourth-order valence-electron chi connectivity index (χ4n) is 1.20. The Kier molecular flexibility index (Phi) is 5.62. The maximum absolute atomic E-state index is 12.5. The summed E-state index contributed by atoms with van der Waals surface area (Å²) in [6.07, 6.45) is -4.62. The minimum atomic E-state index is -4.62. The van der Waals surface area contributed by atoms with Crippen LogP contribution in [0.15, 0.2) is 22.4 Å². The molecule has 0 heterocycles. The van der Waals surface area contributed by atoms with Crippen molar-refractivity contribution in [2.45, 2.75) is 6.18 Å². The Bertz CT molecular complexity index is 582. The van der Waals surface area contributed by atoms with Gasteiger partial charge in [0, 0.05) is 4.92 Å². The van der Waals surface area contributed by atoms with Crippen LogP contribution in [0.2, 0.25) is 10.0 Å². The third-order valence-electron chi connectivity index (χ3n) is 2.07. The molecular formula is C10H6Cl2F3N3O3. The molecule has 0 aliphatic rings. The predicted molar refractivity (Wildman–Crippen MR) is 67.7 cm³/mol. The molecule has 0 amide bonds. The van der Waals surface area contributed by atoms with E-state index in [1.807, 2.05) is 0 Å². The largest absolute Gasteiger partial charge is 0.416 e. The van der Waals surface area contributed by atoms with Gasteiger partial charge in [-0.05, 0) is 12.1 Å². The monoisotopic (exact) mass is 343 g/mol. The van der Waals surface area contributed by atoms with Crippen molar-refractivity contribution in [2.75, 3.05) is 13.1 Å². The molecule has 0 aliphatic heterocycles. The van der Waals surface area contributed by atoms with Crippen molar-refractivity contribution >= 4 is 34.7 Å². The zero-order valence-electron chi connectivity index (χ0n) is 10.0. The third kappa shape index (κ3) is 5.27. The first-order valence-corrected chi connectivity index (χ1v) is 5.94. The number of halogens is 5.